The molecule has 1 aromatic carbocycles. The Labute approximate surface area is 176 Å². The number of carbonyl (C=O) groups is 1. The summed E-state index contributed by atoms with van der Waals surface area (Å²) < 4.78 is 6.57. The lowest BCUT2D eigenvalue weighted by Crippen LogP contribution is -2.60. The van der Waals surface area contributed by atoms with E-state index in [1.165, 1.54) is 31.2 Å². The molecule has 8 atom stereocenters. The second-order valence-corrected chi connectivity index (χ2v) is 11.1. The fourth-order valence-electron chi connectivity index (χ4n) is 7.88. The van der Waals surface area contributed by atoms with Gasteiger partial charge in [0.25, 0.3) is 0 Å². The quantitative estimate of drug-likeness (QED) is 0.717. The fraction of sp³-hybridized carbons (Fsp3) is 0.731. The van der Waals surface area contributed by atoms with Crippen molar-refractivity contribution in [2.24, 2.45) is 34.5 Å². The number of aryl methyl sites for hydroxylation is 1. The van der Waals surface area contributed by atoms with Gasteiger partial charge in [-0.15, -0.1) is 0 Å². The van der Waals surface area contributed by atoms with Crippen LogP contribution >= 0.6 is 0 Å². The first-order valence-electron chi connectivity index (χ1n) is 11.8. The molecular weight excluding hydrogens is 358 g/mol. The van der Waals surface area contributed by atoms with E-state index in [2.05, 4.69) is 57.3 Å². The second-order valence-electron chi connectivity index (χ2n) is 11.1. The highest BCUT2D eigenvalue weighted by Gasteiger charge is 2.62. The molecule has 29 heavy (non-hydrogen) atoms. The molecule has 1 aromatic rings. The molecule has 0 spiro atoms. The first kappa shape index (κ1) is 19.5. The summed E-state index contributed by atoms with van der Waals surface area (Å²) in [7, 11) is 0. The van der Waals surface area contributed by atoms with Crippen molar-refractivity contribution in [3.63, 3.8) is 0 Å². The zero-order chi connectivity index (χ0) is 20.4. The maximum atomic E-state index is 12.0. The van der Waals surface area contributed by atoms with Crippen molar-refractivity contribution in [1.82, 2.24) is 5.32 Å². The lowest BCUT2D eigenvalue weighted by molar-refractivity contribution is -0.136. The SMILES string of the molecule is Cc1ccc(OC2C[C@H]3[C@@H]4CCC5NC(=O)CC[C@]5(C)[C@@H]4CC[C@]3(C)C2C)cc1. The minimum Gasteiger partial charge on any atom is -0.490 e. The summed E-state index contributed by atoms with van der Waals surface area (Å²) in [5, 5.41) is 3.35. The van der Waals surface area contributed by atoms with Gasteiger partial charge in [0.2, 0.25) is 5.91 Å². The number of hydrogen-bond acceptors (Lipinski definition) is 2. The molecule has 4 fully saturated rings. The molecule has 1 amide bonds. The first-order chi connectivity index (χ1) is 13.8. The Hall–Kier alpha value is -1.51. The zero-order valence-electron chi connectivity index (χ0n) is 18.5. The molecule has 3 saturated carbocycles. The van der Waals surface area contributed by atoms with E-state index >= 15 is 0 Å². The van der Waals surface area contributed by atoms with Crippen LogP contribution in [-0.2, 0) is 4.79 Å². The van der Waals surface area contributed by atoms with Crippen molar-refractivity contribution in [1.29, 1.82) is 0 Å². The van der Waals surface area contributed by atoms with Gasteiger partial charge in [-0.3, -0.25) is 4.79 Å². The molecule has 1 aliphatic heterocycles. The van der Waals surface area contributed by atoms with Gasteiger partial charge in [0.05, 0.1) is 0 Å². The molecule has 4 aliphatic rings. The predicted molar refractivity (Wildman–Crippen MR) is 116 cm³/mol. The number of amides is 1. The largest absolute Gasteiger partial charge is 0.490 e. The van der Waals surface area contributed by atoms with E-state index in [4.69, 9.17) is 4.74 Å². The van der Waals surface area contributed by atoms with Crippen molar-refractivity contribution < 1.29 is 9.53 Å². The van der Waals surface area contributed by atoms with E-state index in [9.17, 15) is 4.79 Å². The molecule has 3 unspecified atom stereocenters. The topological polar surface area (TPSA) is 38.3 Å². The van der Waals surface area contributed by atoms with Crippen LogP contribution in [0.3, 0.4) is 0 Å². The third kappa shape index (κ3) is 2.94. The van der Waals surface area contributed by atoms with Crippen LogP contribution in [0.2, 0.25) is 0 Å². The maximum absolute atomic E-state index is 12.0. The van der Waals surface area contributed by atoms with E-state index in [-0.39, 0.29) is 11.3 Å². The molecule has 0 radical (unpaired) electrons. The summed E-state index contributed by atoms with van der Waals surface area (Å²) in [5.41, 5.74) is 1.96. The molecule has 5 rings (SSSR count). The molecule has 3 heteroatoms. The highest BCUT2D eigenvalue weighted by Crippen LogP contribution is 2.65. The molecule has 1 N–H and O–H groups in total. The minimum absolute atomic E-state index is 0.271. The molecule has 158 valence electrons. The van der Waals surface area contributed by atoms with Gasteiger partial charge in [-0.25, -0.2) is 0 Å². The lowest BCUT2D eigenvalue weighted by Gasteiger charge is -2.60. The zero-order valence-corrected chi connectivity index (χ0v) is 18.5. The standard InChI is InChI=1S/C26H37NO2/c1-16-5-7-18(8-6-16)29-22-15-21-19-9-10-23-26(4,14-12-24(28)27-23)20(19)11-13-25(21,3)17(22)2/h5-8,17,19-23H,9-15H2,1-4H3,(H,27,28)/t17?,19-,20-,21+,22?,23?,25-,26-/m1/s1. The Kier molecular flexibility index (Phi) is 4.53. The van der Waals surface area contributed by atoms with E-state index < -0.39 is 0 Å². The summed E-state index contributed by atoms with van der Waals surface area (Å²) in [5.74, 6) is 4.18. The van der Waals surface area contributed by atoms with Gasteiger partial charge in [-0.2, -0.15) is 0 Å². The third-order valence-electron chi connectivity index (χ3n) is 9.93. The number of benzene rings is 1. The Morgan fingerprint density at radius 2 is 1.76 bits per heavy atom. The van der Waals surface area contributed by atoms with Crippen molar-refractivity contribution in [3.05, 3.63) is 29.8 Å². The van der Waals surface area contributed by atoms with Crippen LogP contribution in [0.4, 0.5) is 0 Å². The maximum Gasteiger partial charge on any atom is 0.220 e. The second kappa shape index (κ2) is 6.75. The molecule has 1 heterocycles. The van der Waals surface area contributed by atoms with Gasteiger partial charge in [0, 0.05) is 12.5 Å². The molecular formula is C26H37NO2. The molecule has 3 aliphatic carbocycles. The summed E-state index contributed by atoms with van der Waals surface area (Å²) >= 11 is 0. The predicted octanol–water partition coefficient (Wildman–Crippen LogP) is 5.51. The Morgan fingerprint density at radius 1 is 1.00 bits per heavy atom. The van der Waals surface area contributed by atoms with Crippen LogP contribution in [-0.4, -0.2) is 18.1 Å². The van der Waals surface area contributed by atoms with Crippen LogP contribution in [0.25, 0.3) is 0 Å². The highest BCUT2D eigenvalue weighted by atomic mass is 16.5. The number of ether oxygens (including phenoxy) is 1. The van der Waals surface area contributed by atoms with E-state index in [1.807, 2.05) is 0 Å². The summed E-state index contributed by atoms with van der Waals surface area (Å²) in [4.78, 5) is 12.0. The van der Waals surface area contributed by atoms with Crippen LogP contribution in [0, 0.1) is 41.4 Å². The third-order valence-corrected chi connectivity index (χ3v) is 9.93. The van der Waals surface area contributed by atoms with Crippen LogP contribution in [0.5, 0.6) is 5.75 Å². The number of piperidine rings is 1. The number of nitrogens with one attached hydrogen (secondary N) is 1. The Morgan fingerprint density at radius 3 is 2.52 bits per heavy atom. The number of hydrogen-bond donors (Lipinski definition) is 1. The van der Waals surface area contributed by atoms with Gasteiger partial charge in [0.1, 0.15) is 11.9 Å². The Bertz CT molecular complexity index is 788. The highest BCUT2D eigenvalue weighted by molar-refractivity contribution is 5.77. The molecule has 0 aromatic heterocycles. The fourth-order valence-corrected chi connectivity index (χ4v) is 7.88. The smallest absolute Gasteiger partial charge is 0.220 e. The summed E-state index contributed by atoms with van der Waals surface area (Å²) in [6, 6.07) is 8.96. The van der Waals surface area contributed by atoms with Gasteiger partial charge in [-0.05, 0) is 92.1 Å². The van der Waals surface area contributed by atoms with Crippen LogP contribution in [0.15, 0.2) is 24.3 Å². The van der Waals surface area contributed by atoms with Gasteiger partial charge < -0.3 is 10.1 Å². The molecule has 3 nitrogen and oxygen atoms in total. The molecule has 1 saturated heterocycles. The van der Waals surface area contributed by atoms with E-state index in [0.717, 1.165) is 36.3 Å². The Balaban J connectivity index is 1.38. The monoisotopic (exact) mass is 395 g/mol. The van der Waals surface area contributed by atoms with Crippen molar-refractivity contribution in [3.8, 4) is 5.75 Å². The van der Waals surface area contributed by atoms with E-state index in [0.29, 0.717) is 29.9 Å². The number of fused-ring (bicyclic) bond motifs is 5. The van der Waals surface area contributed by atoms with E-state index in [1.54, 1.807) is 0 Å². The van der Waals surface area contributed by atoms with Gasteiger partial charge >= 0.3 is 0 Å². The summed E-state index contributed by atoms with van der Waals surface area (Å²) in [6.07, 6.45) is 8.37. The van der Waals surface area contributed by atoms with Crippen molar-refractivity contribution in [2.75, 3.05) is 0 Å². The normalized spacial score (nSPS) is 46.3. The average Bonchev–Trinajstić information content (AvgIpc) is 2.95. The number of rotatable bonds is 2. The lowest BCUT2D eigenvalue weighted by atomic mass is 9.47. The van der Waals surface area contributed by atoms with Gasteiger partial charge in [0.15, 0.2) is 0 Å². The van der Waals surface area contributed by atoms with Crippen molar-refractivity contribution in [2.45, 2.75) is 84.8 Å². The number of carbonyl (C=O) groups excluding carboxylic acids is 1. The van der Waals surface area contributed by atoms with Crippen LogP contribution in [0.1, 0.15) is 71.3 Å². The average molecular weight is 396 g/mol. The summed E-state index contributed by atoms with van der Waals surface area (Å²) in [6.45, 7) is 9.60. The van der Waals surface area contributed by atoms with Crippen LogP contribution < -0.4 is 10.1 Å². The van der Waals surface area contributed by atoms with Gasteiger partial charge in [-0.1, -0.05) is 38.5 Å². The molecule has 0 bridgehead atoms. The van der Waals surface area contributed by atoms with Crippen molar-refractivity contribution >= 4 is 5.91 Å². The minimum atomic E-state index is 0.271. The first-order valence-corrected chi connectivity index (χ1v) is 11.8.